The lowest BCUT2D eigenvalue weighted by Crippen LogP contribution is -2.47. The Morgan fingerprint density at radius 1 is 1.42 bits per heavy atom. The molecule has 1 aliphatic carbocycles. The summed E-state index contributed by atoms with van der Waals surface area (Å²) >= 11 is 0. The van der Waals surface area contributed by atoms with E-state index in [9.17, 15) is 4.79 Å². The van der Waals surface area contributed by atoms with E-state index in [1.54, 1.807) is 12.1 Å². The van der Waals surface area contributed by atoms with Gasteiger partial charge in [0.05, 0.1) is 11.9 Å². The van der Waals surface area contributed by atoms with Crippen LogP contribution in [0.5, 0.6) is 0 Å². The van der Waals surface area contributed by atoms with Crippen molar-refractivity contribution in [3.8, 4) is 0 Å². The van der Waals surface area contributed by atoms with E-state index in [4.69, 9.17) is 5.73 Å². The van der Waals surface area contributed by atoms with E-state index in [-0.39, 0.29) is 29.8 Å². The van der Waals surface area contributed by atoms with Crippen LogP contribution in [0.1, 0.15) is 50.0 Å². The summed E-state index contributed by atoms with van der Waals surface area (Å²) in [5.41, 5.74) is 6.74. The Bertz CT molecular complexity index is 431. The first-order chi connectivity index (χ1) is 8.49. The quantitative estimate of drug-likeness (QED) is 0.877. The average Bonchev–Trinajstić information content (AvgIpc) is 2.32. The summed E-state index contributed by atoms with van der Waals surface area (Å²) in [4.78, 5) is 16.2. The Labute approximate surface area is 120 Å². The van der Waals surface area contributed by atoms with Gasteiger partial charge in [-0.3, -0.25) is 4.79 Å². The number of nitrogens with one attached hydrogen (secondary N) is 1. The Kier molecular flexibility index (Phi) is 5.18. The van der Waals surface area contributed by atoms with Gasteiger partial charge in [-0.1, -0.05) is 26.7 Å². The molecule has 1 amide bonds. The highest BCUT2D eigenvalue weighted by molar-refractivity contribution is 5.92. The lowest BCUT2D eigenvalue weighted by Gasteiger charge is -2.38. The van der Waals surface area contributed by atoms with Crippen LogP contribution in [0, 0.1) is 5.41 Å². The van der Waals surface area contributed by atoms with Crippen molar-refractivity contribution in [2.75, 3.05) is 5.73 Å². The van der Waals surface area contributed by atoms with Gasteiger partial charge in [0, 0.05) is 6.04 Å². The summed E-state index contributed by atoms with van der Waals surface area (Å²) in [6.07, 6.45) is 6.16. The first-order valence-electron chi connectivity index (χ1n) is 6.51. The third-order valence-corrected chi connectivity index (χ3v) is 3.83. The molecule has 0 saturated heterocycles. The predicted octanol–water partition coefficient (Wildman–Crippen LogP) is 2.78. The van der Waals surface area contributed by atoms with Crippen LogP contribution in [0.2, 0.25) is 0 Å². The fraction of sp³-hybridized carbons (Fsp3) is 0.571. The topological polar surface area (TPSA) is 68.0 Å². The largest absolute Gasteiger partial charge is 0.397 e. The Hall–Kier alpha value is -1.29. The molecule has 1 fully saturated rings. The fourth-order valence-electron chi connectivity index (χ4n) is 2.53. The highest BCUT2D eigenvalue weighted by Gasteiger charge is 2.33. The maximum absolute atomic E-state index is 12.1. The first kappa shape index (κ1) is 15.8. The van der Waals surface area contributed by atoms with Crippen LogP contribution in [-0.4, -0.2) is 16.9 Å². The second kappa shape index (κ2) is 6.24. The summed E-state index contributed by atoms with van der Waals surface area (Å²) < 4.78 is 0. The molecule has 0 spiro atoms. The van der Waals surface area contributed by atoms with E-state index in [1.165, 1.54) is 19.0 Å². The molecule has 5 heteroatoms. The van der Waals surface area contributed by atoms with Gasteiger partial charge in [-0.25, -0.2) is 4.98 Å². The fourth-order valence-corrected chi connectivity index (χ4v) is 2.53. The van der Waals surface area contributed by atoms with Crippen LogP contribution >= 0.6 is 12.4 Å². The molecule has 0 aliphatic heterocycles. The lowest BCUT2D eigenvalue weighted by atomic mass is 9.73. The predicted molar refractivity (Wildman–Crippen MR) is 79.4 cm³/mol. The third kappa shape index (κ3) is 3.83. The smallest absolute Gasteiger partial charge is 0.270 e. The van der Waals surface area contributed by atoms with E-state index in [1.807, 2.05) is 0 Å². The number of carbonyl (C=O) groups excluding carboxylic acids is 1. The maximum atomic E-state index is 12.1. The molecule has 1 heterocycles. The summed E-state index contributed by atoms with van der Waals surface area (Å²) in [5, 5.41) is 3.10. The number of nitrogen functional groups attached to an aromatic ring is 1. The summed E-state index contributed by atoms with van der Waals surface area (Å²) in [7, 11) is 0. The zero-order valence-corrected chi connectivity index (χ0v) is 12.3. The number of carbonyl (C=O) groups is 1. The molecule has 0 bridgehead atoms. The van der Waals surface area contributed by atoms with Crippen molar-refractivity contribution in [1.82, 2.24) is 10.3 Å². The van der Waals surface area contributed by atoms with Crippen molar-refractivity contribution in [2.24, 2.45) is 5.41 Å². The minimum atomic E-state index is -0.102. The molecule has 1 aromatic rings. The molecule has 1 aliphatic rings. The van der Waals surface area contributed by atoms with Crippen molar-refractivity contribution in [3.63, 3.8) is 0 Å². The number of pyridine rings is 1. The molecule has 2 rings (SSSR count). The summed E-state index contributed by atoms with van der Waals surface area (Å²) in [6.45, 7) is 4.43. The number of aromatic nitrogens is 1. The molecule has 19 heavy (non-hydrogen) atoms. The molecule has 1 aromatic heterocycles. The molecule has 1 atom stereocenters. The van der Waals surface area contributed by atoms with E-state index in [2.05, 4.69) is 24.1 Å². The zero-order chi connectivity index (χ0) is 13.2. The second-order valence-corrected chi connectivity index (χ2v) is 5.74. The van der Waals surface area contributed by atoms with Gasteiger partial charge in [0.15, 0.2) is 0 Å². The Morgan fingerprint density at radius 3 is 2.74 bits per heavy atom. The number of anilines is 1. The number of hydrogen-bond acceptors (Lipinski definition) is 3. The molecular formula is C14H22ClN3O. The molecule has 1 saturated carbocycles. The third-order valence-electron chi connectivity index (χ3n) is 3.83. The number of halogens is 1. The SMILES string of the molecule is CC1(C)CCCCC1NC(=O)c1ccc(N)cn1.Cl. The van der Waals surface area contributed by atoms with Crippen molar-refractivity contribution in [2.45, 2.75) is 45.6 Å². The van der Waals surface area contributed by atoms with E-state index in [0.29, 0.717) is 11.4 Å². The minimum absolute atomic E-state index is 0. The summed E-state index contributed by atoms with van der Waals surface area (Å²) in [5.74, 6) is -0.102. The molecule has 0 radical (unpaired) electrons. The number of nitrogens with two attached hydrogens (primary N) is 1. The van der Waals surface area contributed by atoms with Gasteiger partial charge < -0.3 is 11.1 Å². The van der Waals surface area contributed by atoms with Crippen molar-refractivity contribution in [1.29, 1.82) is 0 Å². The van der Waals surface area contributed by atoms with Crippen LogP contribution < -0.4 is 11.1 Å². The van der Waals surface area contributed by atoms with Crippen molar-refractivity contribution >= 4 is 24.0 Å². The van der Waals surface area contributed by atoms with E-state index in [0.717, 1.165) is 12.8 Å². The summed E-state index contributed by atoms with van der Waals surface area (Å²) in [6, 6.07) is 3.60. The highest BCUT2D eigenvalue weighted by atomic mass is 35.5. The maximum Gasteiger partial charge on any atom is 0.270 e. The molecule has 1 unspecified atom stereocenters. The average molecular weight is 284 g/mol. The van der Waals surface area contributed by atoms with Crippen molar-refractivity contribution in [3.05, 3.63) is 24.0 Å². The van der Waals surface area contributed by atoms with E-state index >= 15 is 0 Å². The van der Waals surface area contributed by atoms with Crippen LogP contribution in [0.25, 0.3) is 0 Å². The molecule has 106 valence electrons. The molecular weight excluding hydrogens is 262 g/mol. The molecule has 3 N–H and O–H groups in total. The Morgan fingerprint density at radius 2 is 2.16 bits per heavy atom. The zero-order valence-electron chi connectivity index (χ0n) is 11.5. The van der Waals surface area contributed by atoms with Crippen molar-refractivity contribution < 1.29 is 4.79 Å². The monoisotopic (exact) mass is 283 g/mol. The van der Waals surface area contributed by atoms with Crippen LogP contribution in [0.3, 0.4) is 0 Å². The highest BCUT2D eigenvalue weighted by Crippen LogP contribution is 2.35. The van der Waals surface area contributed by atoms with Gasteiger partial charge >= 0.3 is 0 Å². The van der Waals surface area contributed by atoms with Gasteiger partial charge in [-0.2, -0.15) is 0 Å². The minimum Gasteiger partial charge on any atom is -0.397 e. The lowest BCUT2D eigenvalue weighted by molar-refractivity contribution is 0.0848. The van der Waals surface area contributed by atoms with Gasteiger partial charge in [0.1, 0.15) is 5.69 Å². The number of rotatable bonds is 2. The molecule has 0 aromatic carbocycles. The van der Waals surface area contributed by atoms with Gasteiger partial charge in [-0.15, -0.1) is 12.4 Å². The van der Waals surface area contributed by atoms with Crippen LogP contribution in [0.15, 0.2) is 18.3 Å². The van der Waals surface area contributed by atoms with Gasteiger partial charge in [0.2, 0.25) is 0 Å². The number of hydrogen-bond donors (Lipinski definition) is 2. The Balaban J connectivity index is 0.00000180. The molecule has 4 nitrogen and oxygen atoms in total. The normalized spacial score (nSPS) is 21.3. The first-order valence-corrected chi connectivity index (χ1v) is 6.51. The number of nitrogens with zero attached hydrogens (tertiary/aromatic N) is 1. The van der Waals surface area contributed by atoms with Crippen LogP contribution in [-0.2, 0) is 0 Å². The van der Waals surface area contributed by atoms with E-state index < -0.39 is 0 Å². The standard InChI is InChI=1S/C14H21N3O.ClH/c1-14(2)8-4-3-5-12(14)17-13(18)11-7-6-10(15)9-16-11;/h6-7,9,12H,3-5,8,15H2,1-2H3,(H,17,18);1H. The number of amides is 1. The van der Waals surface area contributed by atoms with Crippen LogP contribution in [0.4, 0.5) is 5.69 Å². The van der Waals surface area contributed by atoms with Gasteiger partial charge in [-0.05, 0) is 30.4 Å². The van der Waals surface area contributed by atoms with Gasteiger partial charge in [0.25, 0.3) is 5.91 Å². The second-order valence-electron chi connectivity index (χ2n) is 5.74.